The number of amides is 1. The quantitative estimate of drug-likeness (QED) is 0.671. The van der Waals surface area contributed by atoms with Gasteiger partial charge in [0.15, 0.2) is 0 Å². The molecule has 0 unspecified atom stereocenters. The van der Waals surface area contributed by atoms with Crippen molar-refractivity contribution in [2.75, 3.05) is 11.9 Å². The summed E-state index contributed by atoms with van der Waals surface area (Å²) in [5.74, 6) is -1.02. The van der Waals surface area contributed by atoms with E-state index in [1.54, 1.807) is 19.1 Å². The maximum Gasteiger partial charge on any atom is 0.338 e. The van der Waals surface area contributed by atoms with Gasteiger partial charge in [0.25, 0.3) is 5.91 Å². The highest BCUT2D eigenvalue weighted by Crippen LogP contribution is 2.32. The van der Waals surface area contributed by atoms with Crippen LogP contribution in [-0.4, -0.2) is 23.5 Å². The van der Waals surface area contributed by atoms with Crippen LogP contribution in [0, 0.1) is 13.8 Å². The minimum absolute atomic E-state index is 0.254. The molecule has 0 bridgehead atoms. The molecule has 0 aliphatic heterocycles. The van der Waals surface area contributed by atoms with Crippen molar-refractivity contribution < 1.29 is 14.3 Å². The molecule has 27 heavy (non-hydrogen) atoms. The lowest BCUT2D eigenvalue weighted by molar-refractivity contribution is 0.0526. The molecular formula is C21H21N3O3. The summed E-state index contributed by atoms with van der Waals surface area (Å²) in [6, 6.07) is 11.2. The van der Waals surface area contributed by atoms with Gasteiger partial charge in [-0.05, 0) is 56.2 Å². The Morgan fingerprint density at radius 3 is 2.63 bits per heavy atom. The summed E-state index contributed by atoms with van der Waals surface area (Å²) < 4.78 is 5.11. The Morgan fingerprint density at radius 2 is 1.96 bits per heavy atom. The first-order valence-corrected chi connectivity index (χ1v) is 8.64. The van der Waals surface area contributed by atoms with Crippen LogP contribution in [0.3, 0.4) is 0 Å². The number of nitrogens with zero attached hydrogens (tertiary/aromatic N) is 1. The minimum atomic E-state index is -0.598. The highest BCUT2D eigenvalue weighted by atomic mass is 16.5. The van der Waals surface area contributed by atoms with Gasteiger partial charge in [0.05, 0.1) is 28.9 Å². The normalized spacial score (nSPS) is 10.6. The molecule has 3 aromatic rings. The van der Waals surface area contributed by atoms with Crippen molar-refractivity contribution in [3.05, 3.63) is 64.8 Å². The second-order valence-corrected chi connectivity index (χ2v) is 6.32. The van der Waals surface area contributed by atoms with Gasteiger partial charge in [-0.15, -0.1) is 0 Å². The van der Waals surface area contributed by atoms with Crippen LogP contribution in [0.4, 0.5) is 11.4 Å². The molecule has 1 amide bonds. The smallest absolute Gasteiger partial charge is 0.338 e. The highest BCUT2D eigenvalue weighted by Gasteiger charge is 2.18. The number of pyridine rings is 1. The van der Waals surface area contributed by atoms with Gasteiger partial charge in [0, 0.05) is 17.3 Å². The van der Waals surface area contributed by atoms with E-state index in [9.17, 15) is 9.59 Å². The van der Waals surface area contributed by atoms with Crippen molar-refractivity contribution in [2.45, 2.75) is 20.8 Å². The number of esters is 1. The number of nitrogens with one attached hydrogen (secondary N) is 1. The Labute approximate surface area is 157 Å². The van der Waals surface area contributed by atoms with E-state index in [2.05, 4.69) is 10.3 Å². The molecule has 6 nitrogen and oxygen atoms in total. The van der Waals surface area contributed by atoms with Gasteiger partial charge in [-0.25, -0.2) is 4.79 Å². The number of benzene rings is 2. The lowest BCUT2D eigenvalue weighted by Crippen LogP contribution is -2.14. The van der Waals surface area contributed by atoms with E-state index in [0.717, 1.165) is 16.8 Å². The van der Waals surface area contributed by atoms with Gasteiger partial charge in [0.1, 0.15) is 0 Å². The van der Waals surface area contributed by atoms with Crippen molar-refractivity contribution in [3.63, 3.8) is 0 Å². The van der Waals surface area contributed by atoms with Crippen molar-refractivity contribution in [3.8, 4) is 0 Å². The molecule has 3 rings (SSSR count). The zero-order valence-corrected chi connectivity index (χ0v) is 15.5. The predicted octanol–water partition coefficient (Wildman–Crippen LogP) is 3.87. The summed E-state index contributed by atoms with van der Waals surface area (Å²) in [5, 5.41) is 3.91. The Hall–Kier alpha value is -3.41. The van der Waals surface area contributed by atoms with Crippen LogP contribution in [0.15, 0.2) is 42.6 Å². The molecule has 1 aromatic heterocycles. The van der Waals surface area contributed by atoms with Gasteiger partial charge < -0.3 is 15.8 Å². The molecule has 0 aliphatic carbocycles. The maximum absolute atomic E-state index is 12.2. The molecule has 2 aromatic carbocycles. The summed E-state index contributed by atoms with van der Waals surface area (Å²) in [7, 11) is 0. The van der Waals surface area contributed by atoms with Crippen LogP contribution in [0.5, 0.6) is 0 Å². The Bertz CT molecular complexity index is 1040. The molecule has 0 saturated carbocycles. The average Bonchev–Trinajstić information content (AvgIpc) is 2.62. The summed E-state index contributed by atoms with van der Waals surface area (Å²) >= 11 is 0. The number of fused-ring (bicyclic) bond motifs is 1. The van der Waals surface area contributed by atoms with Crippen LogP contribution in [0.2, 0.25) is 0 Å². The Morgan fingerprint density at radius 1 is 1.19 bits per heavy atom. The first kappa shape index (κ1) is 18.4. The van der Waals surface area contributed by atoms with E-state index in [4.69, 9.17) is 10.5 Å². The van der Waals surface area contributed by atoms with Gasteiger partial charge in [-0.1, -0.05) is 12.1 Å². The van der Waals surface area contributed by atoms with Crippen LogP contribution in [0.25, 0.3) is 10.9 Å². The number of carbonyl (C=O) groups excluding carboxylic acids is 2. The van der Waals surface area contributed by atoms with E-state index in [0.29, 0.717) is 22.2 Å². The molecule has 138 valence electrons. The molecule has 0 atom stereocenters. The number of ether oxygens (including phenoxy) is 1. The average molecular weight is 363 g/mol. The van der Waals surface area contributed by atoms with Crippen molar-refractivity contribution >= 4 is 34.2 Å². The SMILES string of the molecule is CCOC(=O)c1cc(C)c2ncc(C(N)=O)c(Nc3cccc(C)c3)c2c1. The standard InChI is InChI=1S/C21H21N3O3/c1-4-27-21(26)14-9-13(3)18-16(10-14)19(17(11-23-18)20(22)25)24-15-7-5-6-12(2)8-15/h5-11H,4H2,1-3H3,(H2,22,25)(H,23,24). The number of hydrogen-bond acceptors (Lipinski definition) is 5. The van der Waals surface area contributed by atoms with Crippen LogP contribution in [0.1, 0.15) is 38.8 Å². The largest absolute Gasteiger partial charge is 0.462 e. The molecule has 3 N–H and O–H groups in total. The fourth-order valence-electron chi connectivity index (χ4n) is 3.00. The first-order valence-electron chi connectivity index (χ1n) is 8.64. The third-order valence-electron chi connectivity index (χ3n) is 4.23. The second-order valence-electron chi connectivity index (χ2n) is 6.32. The number of nitrogens with two attached hydrogens (primary N) is 1. The van der Waals surface area contributed by atoms with Crippen LogP contribution < -0.4 is 11.1 Å². The van der Waals surface area contributed by atoms with E-state index >= 15 is 0 Å². The van der Waals surface area contributed by atoms with Crippen molar-refractivity contribution in [2.24, 2.45) is 5.73 Å². The molecule has 0 radical (unpaired) electrons. The Kier molecular flexibility index (Phi) is 5.07. The highest BCUT2D eigenvalue weighted by molar-refractivity contribution is 6.09. The molecule has 0 fully saturated rings. The fraction of sp³-hybridized carbons (Fsp3) is 0.190. The Balaban J connectivity index is 2.24. The molecular weight excluding hydrogens is 342 g/mol. The van der Waals surface area contributed by atoms with E-state index in [1.807, 2.05) is 38.1 Å². The van der Waals surface area contributed by atoms with Crippen LogP contribution in [-0.2, 0) is 4.74 Å². The second kappa shape index (κ2) is 7.45. The van der Waals surface area contributed by atoms with Gasteiger partial charge >= 0.3 is 5.97 Å². The number of primary amides is 1. The zero-order valence-electron chi connectivity index (χ0n) is 15.5. The fourth-order valence-corrected chi connectivity index (χ4v) is 3.00. The van der Waals surface area contributed by atoms with E-state index in [-0.39, 0.29) is 12.2 Å². The number of carbonyl (C=O) groups is 2. The molecule has 6 heteroatoms. The molecule has 0 spiro atoms. The monoisotopic (exact) mass is 363 g/mol. The summed E-state index contributed by atoms with van der Waals surface area (Å²) in [5.41, 5.74) is 10.1. The third kappa shape index (κ3) is 3.74. The van der Waals surface area contributed by atoms with Crippen molar-refractivity contribution in [1.82, 2.24) is 4.98 Å². The minimum Gasteiger partial charge on any atom is -0.462 e. The number of anilines is 2. The third-order valence-corrected chi connectivity index (χ3v) is 4.23. The predicted molar refractivity (Wildman–Crippen MR) is 105 cm³/mol. The maximum atomic E-state index is 12.2. The first-order chi connectivity index (χ1) is 12.9. The molecule has 0 saturated heterocycles. The van der Waals surface area contributed by atoms with Crippen molar-refractivity contribution in [1.29, 1.82) is 0 Å². The molecule has 1 heterocycles. The number of rotatable bonds is 5. The van der Waals surface area contributed by atoms with E-state index in [1.165, 1.54) is 6.20 Å². The summed E-state index contributed by atoms with van der Waals surface area (Å²) in [6.07, 6.45) is 1.46. The number of hydrogen-bond donors (Lipinski definition) is 2. The summed E-state index contributed by atoms with van der Waals surface area (Å²) in [6.45, 7) is 5.87. The van der Waals surface area contributed by atoms with Gasteiger partial charge in [-0.2, -0.15) is 0 Å². The van der Waals surface area contributed by atoms with Crippen LogP contribution >= 0.6 is 0 Å². The van der Waals surface area contributed by atoms with Gasteiger partial charge in [0.2, 0.25) is 0 Å². The topological polar surface area (TPSA) is 94.3 Å². The zero-order chi connectivity index (χ0) is 19.6. The summed E-state index contributed by atoms with van der Waals surface area (Å²) in [4.78, 5) is 28.6. The van der Waals surface area contributed by atoms with E-state index < -0.39 is 11.9 Å². The lowest BCUT2D eigenvalue weighted by atomic mass is 10.0. The molecule has 0 aliphatic rings. The lowest BCUT2D eigenvalue weighted by Gasteiger charge is -2.15. The number of aromatic nitrogens is 1. The number of aryl methyl sites for hydroxylation is 2. The van der Waals surface area contributed by atoms with Gasteiger partial charge in [-0.3, -0.25) is 9.78 Å².